The lowest BCUT2D eigenvalue weighted by molar-refractivity contribution is 0.122. The molecule has 0 bridgehead atoms. The van der Waals surface area contributed by atoms with Gasteiger partial charge in [0.25, 0.3) is 0 Å². The molecule has 3 aromatic heterocycles. The number of hydrogen-bond donors (Lipinski definition) is 0. The van der Waals surface area contributed by atoms with Gasteiger partial charge in [-0.25, -0.2) is 4.98 Å². The van der Waals surface area contributed by atoms with Crippen LogP contribution in [0.2, 0.25) is 0 Å². The summed E-state index contributed by atoms with van der Waals surface area (Å²) >= 11 is 1.65. The first-order valence-electron chi connectivity index (χ1n) is 9.27. The second kappa shape index (κ2) is 7.65. The van der Waals surface area contributed by atoms with Gasteiger partial charge in [-0.15, -0.1) is 10.2 Å². The van der Waals surface area contributed by atoms with Crippen molar-refractivity contribution in [2.75, 3.05) is 31.2 Å². The first kappa shape index (κ1) is 17.3. The van der Waals surface area contributed by atoms with Gasteiger partial charge in [-0.3, -0.25) is 4.57 Å². The van der Waals surface area contributed by atoms with Crippen LogP contribution in [0.5, 0.6) is 0 Å². The first-order valence-corrected chi connectivity index (χ1v) is 10.3. The first-order chi connectivity index (χ1) is 13.9. The number of morpholine rings is 1. The smallest absolute Gasteiger partial charge is 0.232 e. The minimum absolute atomic E-state index is 0.714. The summed E-state index contributed by atoms with van der Waals surface area (Å²) in [5, 5.41) is 9.87. The van der Waals surface area contributed by atoms with Crippen LogP contribution >= 0.6 is 11.8 Å². The number of ether oxygens (including phenoxy) is 1. The van der Waals surface area contributed by atoms with Crippen LogP contribution in [0.1, 0.15) is 5.69 Å². The van der Waals surface area contributed by atoms with E-state index >= 15 is 0 Å². The molecule has 0 atom stereocenters. The van der Waals surface area contributed by atoms with E-state index in [1.54, 1.807) is 11.8 Å². The van der Waals surface area contributed by atoms with Gasteiger partial charge in [-0.05, 0) is 24.3 Å². The Bertz CT molecular complexity index is 1040. The van der Waals surface area contributed by atoms with Crippen molar-refractivity contribution < 1.29 is 4.74 Å². The van der Waals surface area contributed by atoms with Crippen LogP contribution in [0.15, 0.2) is 66.1 Å². The third kappa shape index (κ3) is 3.36. The summed E-state index contributed by atoms with van der Waals surface area (Å²) in [5.41, 5.74) is 3.04. The van der Waals surface area contributed by atoms with Gasteiger partial charge in [-0.2, -0.15) is 0 Å². The predicted molar refractivity (Wildman–Crippen MR) is 109 cm³/mol. The molecule has 0 N–H and O–H groups in total. The molecular formula is C20H20N6OS. The van der Waals surface area contributed by atoms with Gasteiger partial charge in [0.2, 0.25) is 5.95 Å². The van der Waals surface area contributed by atoms with Crippen molar-refractivity contribution in [3.63, 3.8) is 0 Å². The van der Waals surface area contributed by atoms with Crippen molar-refractivity contribution in [2.45, 2.75) is 10.9 Å². The van der Waals surface area contributed by atoms with Crippen molar-refractivity contribution in [1.29, 1.82) is 0 Å². The summed E-state index contributed by atoms with van der Waals surface area (Å²) in [6, 6.07) is 16.3. The normalized spacial score (nSPS) is 14.6. The largest absolute Gasteiger partial charge is 0.378 e. The molecule has 1 fully saturated rings. The third-order valence-electron chi connectivity index (χ3n) is 4.69. The van der Waals surface area contributed by atoms with Crippen molar-refractivity contribution in [1.82, 2.24) is 24.1 Å². The number of pyridine rings is 1. The average Bonchev–Trinajstić information content (AvgIpc) is 3.37. The van der Waals surface area contributed by atoms with Gasteiger partial charge in [0, 0.05) is 31.2 Å². The molecule has 0 radical (unpaired) electrons. The quantitative estimate of drug-likeness (QED) is 0.487. The molecule has 5 rings (SSSR count). The maximum Gasteiger partial charge on any atom is 0.232 e. The SMILES string of the molecule is c1ccc(-n2c(SCc3cn4ccccc4n3)nnc2N2CCOCC2)cc1. The summed E-state index contributed by atoms with van der Waals surface area (Å²) in [4.78, 5) is 6.92. The van der Waals surface area contributed by atoms with Gasteiger partial charge in [0.1, 0.15) is 5.65 Å². The van der Waals surface area contributed by atoms with E-state index in [4.69, 9.17) is 4.74 Å². The van der Waals surface area contributed by atoms with Crippen molar-refractivity contribution >= 4 is 23.4 Å². The molecule has 4 aromatic rings. The molecule has 0 aliphatic carbocycles. The van der Waals surface area contributed by atoms with E-state index in [1.807, 2.05) is 47.0 Å². The van der Waals surface area contributed by atoms with E-state index < -0.39 is 0 Å². The van der Waals surface area contributed by atoms with E-state index in [-0.39, 0.29) is 0 Å². The lowest BCUT2D eigenvalue weighted by Crippen LogP contribution is -2.37. The highest BCUT2D eigenvalue weighted by Gasteiger charge is 2.22. The van der Waals surface area contributed by atoms with Crippen LogP contribution in [-0.2, 0) is 10.5 Å². The van der Waals surface area contributed by atoms with Crippen LogP contribution in [0, 0.1) is 0 Å². The molecule has 4 heterocycles. The van der Waals surface area contributed by atoms with Crippen LogP contribution in [0.3, 0.4) is 0 Å². The minimum Gasteiger partial charge on any atom is -0.378 e. The van der Waals surface area contributed by atoms with Crippen LogP contribution in [0.25, 0.3) is 11.3 Å². The Morgan fingerprint density at radius 2 is 1.79 bits per heavy atom. The monoisotopic (exact) mass is 392 g/mol. The van der Waals surface area contributed by atoms with Crippen LogP contribution in [0.4, 0.5) is 5.95 Å². The Labute approximate surface area is 167 Å². The second-order valence-electron chi connectivity index (χ2n) is 6.54. The summed E-state index contributed by atoms with van der Waals surface area (Å²) in [5.74, 6) is 1.60. The maximum absolute atomic E-state index is 5.49. The third-order valence-corrected chi connectivity index (χ3v) is 5.65. The fraction of sp³-hybridized carbons (Fsp3) is 0.250. The van der Waals surface area contributed by atoms with E-state index in [2.05, 4.69) is 43.0 Å². The number of thioether (sulfide) groups is 1. The van der Waals surface area contributed by atoms with Crippen molar-refractivity contribution in [2.24, 2.45) is 0 Å². The van der Waals surface area contributed by atoms with Crippen LogP contribution in [-0.4, -0.2) is 50.5 Å². The van der Waals surface area contributed by atoms with E-state index in [0.29, 0.717) is 13.2 Å². The molecule has 0 unspecified atom stereocenters. The highest BCUT2D eigenvalue weighted by Crippen LogP contribution is 2.29. The highest BCUT2D eigenvalue weighted by molar-refractivity contribution is 7.98. The molecule has 28 heavy (non-hydrogen) atoms. The van der Waals surface area contributed by atoms with Crippen LogP contribution < -0.4 is 4.90 Å². The minimum atomic E-state index is 0.714. The Morgan fingerprint density at radius 3 is 2.61 bits per heavy atom. The zero-order valence-electron chi connectivity index (χ0n) is 15.3. The molecule has 7 nitrogen and oxygen atoms in total. The Kier molecular flexibility index (Phi) is 4.72. The number of anilines is 1. The molecule has 1 aliphatic rings. The predicted octanol–water partition coefficient (Wildman–Crippen LogP) is 3.04. The highest BCUT2D eigenvalue weighted by atomic mass is 32.2. The van der Waals surface area contributed by atoms with E-state index in [9.17, 15) is 0 Å². The molecule has 0 saturated carbocycles. The Morgan fingerprint density at radius 1 is 0.964 bits per heavy atom. The molecular weight excluding hydrogens is 372 g/mol. The average molecular weight is 392 g/mol. The molecule has 1 aliphatic heterocycles. The number of hydrogen-bond acceptors (Lipinski definition) is 6. The summed E-state index contributed by atoms with van der Waals surface area (Å²) in [7, 11) is 0. The number of fused-ring (bicyclic) bond motifs is 1. The molecule has 1 aromatic carbocycles. The zero-order valence-corrected chi connectivity index (χ0v) is 16.1. The number of benzene rings is 1. The van der Waals surface area contributed by atoms with Crippen molar-refractivity contribution in [3.05, 3.63) is 66.6 Å². The topological polar surface area (TPSA) is 60.5 Å². The summed E-state index contributed by atoms with van der Waals surface area (Å²) in [6.07, 6.45) is 4.08. The number of nitrogens with zero attached hydrogens (tertiary/aromatic N) is 6. The standard InChI is InChI=1S/C20H20N6OS/c1-2-6-17(7-3-1)26-19(24-10-12-27-13-11-24)22-23-20(26)28-15-16-14-25-9-5-4-8-18(25)21-16/h1-9,14H,10-13,15H2. The number of rotatable bonds is 5. The van der Waals surface area contributed by atoms with Crippen molar-refractivity contribution in [3.8, 4) is 5.69 Å². The lowest BCUT2D eigenvalue weighted by Gasteiger charge is -2.27. The fourth-order valence-electron chi connectivity index (χ4n) is 3.32. The van der Waals surface area contributed by atoms with Gasteiger partial charge in [0.05, 0.1) is 24.6 Å². The zero-order chi connectivity index (χ0) is 18.8. The summed E-state index contributed by atoms with van der Waals surface area (Å²) in [6.45, 7) is 3.07. The van der Waals surface area contributed by atoms with E-state index in [1.165, 1.54) is 0 Å². The molecule has 0 amide bonds. The second-order valence-corrected chi connectivity index (χ2v) is 7.48. The maximum atomic E-state index is 5.49. The Balaban J connectivity index is 1.45. The molecule has 142 valence electrons. The number of imidazole rings is 1. The van der Waals surface area contributed by atoms with Gasteiger partial charge in [0.15, 0.2) is 5.16 Å². The number of aromatic nitrogens is 5. The fourth-order valence-corrected chi connectivity index (χ4v) is 4.15. The van der Waals surface area contributed by atoms with E-state index in [0.717, 1.165) is 47.0 Å². The summed E-state index contributed by atoms with van der Waals surface area (Å²) < 4.78 is 9.66. The van der Waals surface area contributed by atoms with Gasteiger partial charge in [-0.1, -0.05) is 36.0 Å². The lowest BCUT2D eigenvalue weighted by atomic mass is 10.3. The molecule has 0 spiro atoms. The molecule has 1 saturated heterocycles. The molecule has 8 heteroatoms. The Hall–Kier alpha value is -2.84. The van der Waals surface area contributed by atoms with Gasteiger partial charge >= 0.3 is 0 Å². The van der Waals surface area contributed by atoms with Gasteiger partial charge < -0.3 is 14.0 Å². The number of para-hydroxylation sites is 1.